The minimum atomic E-state index is -1.20. The van der Waals surface area contributed by atoms with Crippen molar-refractivity contribution in [2.24, 2.45) is 11.8 Å². The summed E-state index contributed by atoms with van der Waals surface area (Å²) in [5.74, 6) is -3.21. The smallest absolute Gasteiger partial charge is 0.306 e. The molecule has 10 nitrogen and oxygen atoms in total. The number of hydrogen-bond donors (Lipinski definition) is 2. The Morgan fingerprint density at radius 2 is 1.93 bits per heavy atom. The van der Waals surface area contributed by atoms with E-state index in [1.165, 1.54) is 4.90 Å². The Labute approximate surface area is 254 Å². The number of likely N-dealkylation sites (tertiary alicyclic amines) is 1. The number of aliphatic hydroxyl groups excluding tert-OH is 1. The van der Waals surface area contributed by atoms with Gasteiger partial charge in [0.05, 0.1) is 36.6 Å². The van der Waals surface area contributed by atoms with Gasteiger partial charge < -0.3 is 29.7 Å². The van der Waals surface area contributed by atoms with Crippen LogP contribution in [0.15, 0.2) is 55.6 Å². The van der Waals surface area contributed by atoms with E-state index >= 15 is 0 Å². The molecule has 3 aliphatic rings. The van der Waals surface area contributed by atoms with Gasteiger partial charge in [-0.25, -0.2) is 0 Å². The van der Waals surface area contributed by atoms with Crippen LogP contribution in [-0.4, -0.2) is 87.7 Å². The van der Waals surface area contributed by atoms with Crippen molar-refractivity contribution in [3.8, 4) is 0 Å². The van der Waals surface area contributed by atoms with Crippen molar-refractivity contribution in [1.29, 1.82) is 0 Å². The Hall–Kier alpha value is -3.50. The monoisotopic (exact) mass is 595 g/mol. The number of carbonyl (C=O) groups excluding carboxylic acids is 4. The van der Waals surface area contributed by atoms with Gasteiger partial charge in [-0.15, -0.1) is 13.2 Å². The predicted molar refractivity (Wildman–Crippen MR) is 160 cm³/mol. The first-order valence-corrected chi connectivity index (χ1v) is 15.1. The van der Waals surface area contributed by atoms with Gasteiger partial charge in [-0.1, -0.05) is 42.5 Å². The molecule has 43 heavy (non-hydrogen) atoms. The fourth-order valence-electron chi connectivity index (χ4n) is 6.85. The summed E-state index contributed by atoms with van der Waals surface area (Å²) in [5, 5.41) is 13.1. The number of amides is 3. The summed E-state index contributed by atoms with van der Waals surface area (Å²) in [6.45, 7) is 14.7. The zero-order valence-corrected chi connectivity index (χ0v) is 25.7. The number of benzene rings is 1. The Balaban J connectivity index is 1.65. The molecule has 0 radical (unpaired) electrons. The minimum Gasteiger partial charge on any atom is -0.463 e. The number of ether oxygens (including phenoxy) is 2. The largest absolute Gasteiger partial charge is 0.463 e. The van der Waals surface area contributed by atoms with E-state index in [0.29, 0.717) is 19.3 Å². The van der Waals surface area contributed by atoms with Crippen molar-refractivity contribution >= 4 is 23.7 Å². The van der Waals surface area contributed by atoms with Crippen molar-refractivity contribution in [2.45, 2.75) is 88.7 Å². The molecule has 4 rings (SSSR count). The van der Waals surface area contributed by atoms with Gasteiger partial charge in [0.15, 0.2) is 0 Å². The van der Waals surface area contributed by atoms with E-state index in [9.17, 15) is 24.3 Å². The van der Waals surface area contributed by atoms with E-state index < -0.39 is 59.1 Å². The number of nitrogens with one attached hydrogen (secondary N) is 1. The second-order valence-corrected chi connectivity index (χ2v) is 12.7. The first-order chi connectivity index (χ1) is 20.4. The summed E-state index contributed by atoms with van der Waals surface area (Å²) in [6.07, 6.45) is 4.35. The third-order valence-electron chi connectivity index (χ3n) is 8.88. The molecule has 1 aromatic carbocycles. The highest BCUT2D eigenvalue weighted by Crippen LogP contribution is 2.59. The van der Waals surface area contributed by atoms with Crippen LogP contribution in [0.2, 0.25) is 0 Å². The molecule has 2 bridgehead atoms. The summed E-state index contributed by atoms with van der Waals surface area (Å²) in [4.78, 5) is 57.9. The van der Waals surface area contributed by atoms with Crippen molar-refractivity contribution < 1.29 is 33.8 Å². The van der Waals surface area contributed by atoms with Crippen LogP contribution in [0.4, 0.5) is 0 Å². The summed E-state index contributed by atoms with van der Waals surface area (Å²) < 4.78 is 12.0. The predicted octanol–water partition coefficient (Wildman–Crippen LogP) is 2.92. The van der Waals surface area contributed by atoms with E-state index in [1.807, 2.05) is 51.1 Å². The van der Waals surface area contributed by atoms with Crippen molar-refractivity contribution in [2.75, 3.05) is 19.8 Å². The molecule has 3 saturated heterocycles. The number of fused-ring (bicyclic) bond motifs is 1. The highest BCUT2D eigenvalue weighted by molar-refractivity contribution is 5.99. The van der Waals surface area contributed by atoms with Crippen LogP contribution in [-0.2, 0) is 28.7 Å². The maximum absolute atomic E-state index is 14.3. The molecule has 0 aliphatic carbocycles. The number of carbonyl (C=O) groups is 4. The zero-order valence-electron chi connectivity index (χ0n) is 25.7. The third-order valence-corrected chi connectivity index (χ3v) is 8.88. The number of aliphatic hydroxyl groups is 1. The maximum Gasteiger partial charge on any atom is 0.306 e. The summed E-state index contributed by atoms with van der Waals surface area (Å²) >= 11 is 0. The average Bonchev–Trinajstić information content (AvgIpc) is 3.63. The lowest BCUT2D eigenvalue weighted by atomic mass is 9.70. The normalized spacial score (nSPS) is 27.3. The molecule has 7 atom stereocenters. The quantitative estimate of drug-likeness (QED) is 0.265. The summed E-state index contributed by atoms with van der Waals surface area (Å²) in [6, 6.07) is 6.88. The van der Waals surface area contributed by atoms with Crippen LogP contribution in [0.1, 0.15) is 65.0 Å². The Bertz CT molecular complexity index is 1230. The van der Waals surface area contributed by atoms with E-state index in [-0.39, 0.29) is 38.0 Å². The van der Waals surface area contributed by atoms with E-state index in [4.69, 9.17) is 9.47 Å². The molecule has 3 heterocycles. The molecule has 1 aromatic rings. The Morgan fingerprint density at radius 1 is 1.23 bits per heavy atom. The minimum absolute atomic E-state index is 0.0788. The molecule has 0 aromatic heterocycles. The Kier molecular flexibility index (Phi) is 9.81. The molecule has 0 unspecified atom stereocenters. The Morgan fingerprint density at radius 3 is 2.53 bits per heavy atom. The maximum atomic E-state index is 14.3. The average molecular weight is 596 g/mol. The lowest BCUT2D eigenvalue weighted by Crippen LogP contribution is -2.61. The van der Waals surface area contributed by atoms with Gasteiger partial charge in [-0.05, 0) is 52.5 Å². The molecule has 3 aliphatic heterocycles. The van der Waals surface area contributed by atoms with E-state index in [1.54, 1.807) is 24.0 Å². The molecule has 234 valence electrons. The van der Waals surface area contributed by atoms with Crippen molar-refractivity contribution in [3.05, 3.63) is 61.2 Å². The molecule has 2 N–H and O–H groups in total. The van der Waals surface area contributed by atoms with E-state index in [0.717, 1.165) is 5.56 Å². The summed E-state index contributed by atoms with van der Waals surface area (Å²) in [7, 11) is 0. The highest BCUT2D eigenvalue weighted by atomic mass is 16.5. The van der Waals surface area contributed by atoms with Crippen LogP contribution < -0.4 is 5.32 Å². The number of rotatable bonds is 13. The van der Waals surface area contributed by atoms with Gasteiger partial charge in [-0.2, -0.15) is 0 Å². The first kappa shape index (κ1) is 32.4. The topological polar surface area (TPSA) is 125 Å². The van der Waals surface area contributed by atoms with Gasteiger partial charge in [0.1, 0.15) is 18.2 Å². The van der Waals surface area contributed by atoms with E-state index in [2.05, 4.69) is 18.5 Å². The van der Waals surface area contributed by atoms with Gasteiger partial charge in [0.2, 0.25) is 17.7 Å². The molecule has 3 fully saturated rings. The number of esters is 1. The third kappa shape index (κ3) is 6.13. The standard InChI is InChI=1S/C33H45N3O7/c1-7-9-15-25(38)42-20-23(22-13-11-10-12-14-22)34-29(39)26-24-16-17-33(43-24)27(26)30(40)36(21(3)19-37)28(33)31(41)35(18-8-2)32(4,5)6/h7-8,10-14,21,23-24,26-28,37H,1-2,9,15-20H2,3-6H3,(H,34,39)/t21-,23+,24-,26+,27+,28-,33+/m1/s1. The van der Waals surface area contributed by atoms with Crippen molar-refractivity contribution in [3.63, 3.8) is 0 Å². The molecule has 10 heteroatoms. The molecule has 3 amide bonds. The van der Waals surface area contributed by atoms with Crippen LogP contribution >= 0.6 is 0 Å². The lowest BCUT2D eigenvalue weighted by molar-refractivity contribution is -0.154. The van der Waals surface area contributed by atoms with Crippen LogP contribution in [0.3, 0.4) is 0 Å². The van der Waals surface area contributed by atoms with Gasteiger partial charge >= 0.3 is 5.97 Å². The fraction of sp³-hybridized carbons (Fsp3) is 0.576. The molecule has 1 spiro atoms. The molecule has 0 saturated carbocycles. The second-order valence-electron chi connectivity index (χ2n) is 12.7. The van der Waals surface area contributed by atoms with Crippen LogP contribution in [0.25, 0.3) is 0 Å². The number of allylic oxidation sites excluding steroid dienone is 1. The fourth-order valence-corrected chi connectivity index (χ4v) is 6.85. The molecular weight excluding hydrogens is 550 g/mol. The highest BCUT2D eigenvalue weighted by Gasteiger charge is 2.75. The van der Waals surface area contributed by atoms with Crippen LogP contribution in [0, 0.1) is 11.8 Å². The number of hydrogen-bond acceptors (Lipinski definition) is 7. The second kappa shape index (κ2) is 13.0. The first-order valence-electron chi connectivity index (χ1n) is 15.1. The van der Waals surface area contributed by atoms with Crippen molar-refractivity contribution in [1.82, 2.24) is 15.1 Å². The SMILES string of the molecule is C=CCCC(=O)OC[C@H](NC(=O)[C@@H]1[C@H]2C(=O)N([C@H](C)CO)[C@H](C(=O)N(CC=C)C(C)(C)C)[C@]23CC[C@H]1O3)c1ccccc1. The summed E-state index contributed by atoms with van der Waals surface area (Å²) in [5.41, 5.74) is -1.03. The molecular formula is C33H45N3O7. The van der Waals surface area contributed by atoms with Gasteiger partial charge in [-0.3, -0.25) is 19.2 Å². The number of nitrogens with zero attached hydrogens (tertiary/aromatic N) is 2. The zero-order chi connectivity index (χ0) is 31.5. The lowest BCUT2D eigenvalue weighted by Gasteiger charge is -2.43. The van der Waals surface area contributed by atoms with Gasteiger partial charge in [0.25, 0.3) is 0 Å². The van der Waals surface area contributed by atoms with Gasteiger partial charge in [0, 0.05) is 18.5 Å². The van der Waals surface area contributed by atoms with Crippen LogP contribution in [0.5, 0.6) is 0 Å².